The Kier molecular flexibility index (Phi) is 2.94. The maximum atomic E-state index is 12.8. The highest BCUT2D eigenvalue weighted by molar-refractivity contribution is 7.92. The smallest absolute Gasteiger partial charge is 0.261 e. The van der Waals surface area contributed by atoms with Gasteiger partial charge in [-0.15, -0.1) is 0 Å². The van der Waals surface area contributed by atoms with Crippen LogP contribution in [0.15, 0.2) is 59.6 Å². The van der Waals surface area contributed by atoms with E-state index in [9.17, 15) is 12.8 Å². The molecule has 0 unspecified atom stereocenters. The lowest BCUT2D eigenvalue weighted by atomic mass is 10.2. The number of benzene rings is 2. The number of aromatic nitrogens is 1. The third-order valence-electron chi connectivity index (χ3n) is 2.96. The van der Waals surface area contributed by atoms with Gasteiger partial charge < -0.3 is 4.98 Å². The van der Waals surface area contributed by atoms with Gasteiger partial charge in [-0.2, -0.15) is 0 Å². The number of halogens is 1. The van der Waals surface area contributed by atoms with E-state index in [1.807, 2.05) is 12.1 Å². The minimum absolute atomic E-state index is 0.0162. The molecule has 0 bridgehead atoms. The molecule has 4 nitrogen and oxygen atoms in total. The largest absolute Gasteiger partial charge is 0.359 e. The Morgan fingerprint density at radius 1 is 1.00 bits per heavy atom. The van der Waals surface area contributed by atoms with Crippen LogP contribution in [0.25, 0.3) is 10.9 Å². The number of anilines is 1. The van der Waals surface area contributed by atoms with Gasteiger partial charge in [-0.05, 0) is 36.4 Å². The Hall–Kier alpha value is -2.34. The summed E-state index contributed by atoms with van der Waals surface area (Å²) in [5.41, 5.74) is 1.16. The third-order valence-corrected chi connectivity index (χ3v) is 4.34. The maximum absolute atomic E-state index is 12.8. The summed E-state index contributed by atoms with van der Waals surface area (Å²) < 4.78 is 39.8. The van der Waals surface area contributed by atoms with Crippen LogP contribution in [-0.4, -0.2) is 13.4 Å². The number of nitrogens with one attached hydrogen (secondary N) is 2. The molecule has 0 radical (unpaired) electrons. The second kappa shape index (κ2) is 4.64. The van der Waals surface area contributed by atoms with Crippen LogP contribution in [0.4, 0.5) is 10.1 Å². The highest BCUT2D eigenvalue weighted by Gasteiger charge is 2.15. The number of H-pyrrole nitrogens is 1. The molecule has 20 heavy (non-hydrogen) atoms. The first-order chi connectivity index (χ1) is 9.56. The lowest BCUT2D eigenvalue weighted by molar-refractivity contribution is 0.599. The van der Waals surface area contributed by atoms with Gasteiger partial charge in [-0.1, -0.05) is 12.1 Å². The van der Waals surface area contributed by atoms with Crippen LogP contribution in [-0.2, 0) is 10.0 Å². The maximum Gasteiger partial charge on any atom is 0.261 e. The quantitative estimate of drug-likeness (QED) is 0.778. The van der Waals surface area contributed by atoms with E-state index in [0.717, 1.165) is 17.5 Å². The van der Waals surface area contributed by atoms with Gasteiger partial charge in [0.25, 0.3) is 10.0 Å². The van der Waals surface area contributed by atoms with E-state index in [2.05, 4.69) is 9.71 Å². The molecule has 1 aromatic heterocycles. The third kappa shape index (κ3) is 2.25. The van der Waals surface area contributed by atoms with Gasteiger partial charge in [0.15, 0.2) is 0 Å². The SMILES string of the molecule is O=S(=O)(Nc1cccc2cc[nH]c12)c1ccc(F)cc1. The van der Waals surface area contributed by atoms with Gasteiger partial charge in [-0.25, -0.2) is 12.8 Å². The Balaban J connectivity index is 2.01. The number of hydrogen-bond donors (Lipinski definition) is 2. The number of aromatic amines is 1. The molecule has 102 valence electrons. The molecule has 3 rings (SSSR count). The van der Waals surface area contributed by atoms with Crippen molar-refractivity contribution in [3.63, 3.8) is 0 Å². The van der Waals surface area contributed by atoms with Gasteiger partial charge in [0.1, 0.15) is 5.82 Å². The van der Waals surface area contributed by atoms with Gasteiger partial charge in [-0.3, -0.25) is 4.72 Å². The van der Waals surface area contributed by atoms with Crippen molar-refractivity contribution in [3.8, 4) is 0 Å². The molecule has 0 amide bonds. The number of sulfonamides is 1. The van der Waals surface area contributed by atoms with Crippen LogP contribution in [0.2, 0.25) is 0 Å². The lowest BCUT2D eigenvalue weighted by Crippen LogP contribution is -2.13. The molecule has 0 saturated heterocycles. The minimum atomic E-state index is -3.74. The highest BCUT2D eigenvalue weighted by Crippen LogP contribution is 2.24. The first-order valence-electron chi connectivity index (χ1n) is 5.91. The normalized spacial score (nSPS) is 11.7. The average molecular weight is 290 g/mol. The second-order valence-corrected chi connectivity index (χ2v) is 5.99. The van der Waals surface area contributed by atoms with E-state index in [1.54, 1.807) is 18.3 Å². The van der Waals surface area contributed by atoms with Crippen LogP contribution in [0.3, 0.4) is 0 Å². The van der Waals surface area contributed by atoms with Crippen molar-refractivity contribution < 1.29 is 12.8 Å². The predicted octanol–water partition coefficient (Wildman–Crippen LogP) is 3.11. The summed E-state index contributed by atoms with van der Waals surface area (Å²) in [5.74, 6) is -0.476. The van der Waals surface area contributed by atoms with Crippen LogP contribution in [0.1, 0.15) is 0 Å². The fourth-order valence-electron chi connectivity index (χ4n) is 1.99. The number of hydrogen-bond acceptors (Lipinski definition) is 2. The molecular weight excluding hydrogens is 279 g/mol. The molecule has 0 aliphatic carbocycles. The van der Waals surface area contributed by atoms with Crippen molar-refractivity contribution in [3.05, 3.63) is 60.5 Å². The predicted molar refractivity (Wildman–Crippen MR) is 75.5 cm³/mol. The van der Waals surface area contributed by atoms with Crippen LogP contribution in [0.5, 0.6) is 0 Å². The first-order valence-corrected chi connectivity index (χ1v) is 7.39. The van der Waals surface area contributed by atoms with E-state index >= 15 is 0 Å². The van der Waals surface area contributed by atoms with Gasteiger partial charge >= 0.3 is 0 Å². The topological polar surface area (TPSA) is 62.0 Å². The monoisotopic (exact) mass is 290 g/mol. The summed E-state index contributed by atoms with van der Waals surface area (Å²) in [6.07, 6.45) is 1.74. The Labute approximate surface area is 115 Å². The zero-order chi connectivity index (χ0) is 14.2. The van der Waals surface area contributed by atoms with Gasteiger partial charge in [0.2, 0.25) is 0 Å². The Morgan fingerprint density at radius 3 is 2.50 bits per heavy atom. The van der Waals surface area contributed by atoms with Crippen molar-refractivity contribution in [2.24, 2.45) is 0 Å². The molecule has 0 aliphatic rings. The highest BCUT2D eigenvalue weighted by atomic mass is 32.2. The molecule has 1 heterocycles. The van der Waals surface area contributed by atoms with E-state index in [-0.39, 0.29) is 4.90 Å². The molecule has 0 aliphatic heterocycles. The second-order valence-electron chi connectivity index (χ2n) is 4.31. The standard InChI is InChI=1S/C14H11FN2O2S/c15-11-4-6-12(7-5-11)20(18,19)17-13-3-1-2-10-8-9-16-14(10)13/h1-9,16-17H. The fraction of sp³-hybridized carbons (Fsp3) is 0. The van der Waals surface area contributed by atoms with Crippen molar-refractivity contribution in [2.75, 3.05) is 4.72 Å². The number of rotatable bonds is 3. The molecule has 3 aromatic rings. The molecule has 2 aromatic carbocycles. The summed E-state index contributed by atoms with van der Waals surface area (Å²) in [5, 5.41) is 0.907. The van der Waals surface area contributed by atoms with Crippen molar-refractivity contribution in [2.45, 2.75) is 4.90 Å². The minimum Gasteiger partial charge on any atom is -0.359 e. The summed E-state index contributed by atoms with van der Waals surface area (Å²) in [6.45, 7) is 0. The summed E-state index contributed by atoms with van der Waals surface area (Å²) in [7, 11) is -3.74. The van der Waals surface area contributed by atoms with Crippen molar-refractivity contribution in [1.29, 1.82) is 0 Å². The molecule has 0 spiro atoms. The lowest BCUT2D eigenvalue weighted by Gasteiger charge is -2.09. The van der Waals surface area contributed by atoms with E-state index in [0.29, 0.717) is 11.2 Å². The van der Waals surface area contributed by atoms with Crippen molar-refractivity contribution >= 4 is 26.6 Å². The molecule has 0 atom stereocenters. The van der Waals surface area contributed by atoms with Crippen molar-refractivity contribution in [1.82, 2.24) is 4.98 Å². The van der Waals surface area contributed by atoms with E-state index in [4.69, 9.17) is 0 Å². The molecule has 6 heteroatoms. The molecule has 0 fully saturated rings. The van der Waals surface area contributed by atoms with Gasteiger partial charge in [0, 0.05) is 11.6 Å². The molecular formula is C14H11FN2O2S. The average Bonchev–Trinajstić information content (AvgIpc) is 2.88. The van der Waals surface area contributed by atoms with Gasteiger partial charge in [0.05, 0.1) is 16.1 Å². The summed E-state index contributed by atoms with van der Waals surface area (Å²) in [4.78, 5) is 3.00. The molecule has 2 N–H and O–H groups in total. The summed E-state index contributed by atoms with van der Waals surface area (Å²) in [6, 6.07) is 11.8. The summed E-state index contributed by atoms with van der Waals surface area (Å²) >= 11 is 0. The number of fused-ring (bicyclic) bond motifs is 1. The Bertz CT molecular complexity index is 854. The first kappa shape index (κ1) is 12.7. The van der Waals surface area contributed by atoms with Crippen LogP contribution in [0, 0.1) is 5.82 Å². The van der Waals surface area contributed by atoms with E-state index < -0.39 is 15.8 Å². The Morgan fingerprint density at radius 2 is 1.75 bits per heavy atom. The number of para-hydroxylation sites is 1. The zero-order valence-corrected chi connectivity index (χ0v) is 11.1. The fourth-order valence-corrected chi connectivity index (χ4v) is 3.06. The molecule has 0 saturated carbocycles. The zero-order valence-electron chi connectivity index (χ0n) is 10.3. The van der Waals surface area contributed by atoms with Crippen LogP contribution >= 0.6 is 0 Å². The van der Waals surface area contributed by atoms with Crippen LogP contribution < -0.4 is 4.72 Å². The van der Waals surface area contributed by atoms with E-state index in [1.165, 1.54) is 12.1 Å².